The lowest BCUT2D eigenvalue weighted by atomic mass is 10.1. The van der Waals surface area contributed by atoms with Crippen LogP contribution in [0.25, 0.3) is 0 Å². The lowest BCUT2D eigenvalue weighted by Gasteiger charge is -2.13. The first-order chi connectivity index (χ1) is 12.5. The van der Waals surface area contributed by atoms with Crippen molar-refractivity contribution >= 4 is 23.2 Å². The van der Waals surface area contributed by atoms with Gasteiger partial charge in [-0.3, -0.25) is 9.59 Å². The van der Waals surface area contributed by atoms with E-state index in [0.29, 0.717) is 12.1 Å². The molecule has 0 aliphatic rings. The Kier molecular flexibility index (Phi) is 7.21. The van der Waals surface area contributed by atoms with E-state index >= 15 is 0 Å². The third-order valence-corrected chi connectivity index (χ3v) is 4.14. The molecule has 0 unspecified atom stereocenters. The lowest BCUT2D eigenvalue weighted by molar-refractivity contribution is -0.114. The molecule has 138 valence electrons. The number of amides is 2. The van der Waals surface area contributed by atoms with E-state index in [0.717, 1.165) is 35.3 Å². The molecule has 0 atom stereocenters. The summed E-state index contributed by atoms with van der Waals surface area (Å²) in [4.78, 5) is 24.3. The Morgan fingerprint density at radius 2 is 1.69 bits per heavy atom. The van der Waals surface area contributed by atoms with Crippen molar-refractivity contribution in [3.63, 3.8) is 0 Å². The summed E-state index contributed by atoms with van der Waals surface area (Å²) in [6, 6.07) is 13.1. The van der Waals surface area contributed by atoms with E-state index < -0.39 is 0 Å². The van der Waals surface area contributed by atoms with Crippen molar-refractivity contribution < 1.29 is 9.59 Å². The maximum atomic E-state index is 12.2. The average molecular weight is 353 g/mol. The zero-order chi connectivity index (χ0) is 18.9. The van der Waals surface area contributed by atoms with E-state index in [-0.39, 0.29) is 18.4 Å². The standard InChI is InChI=1S/C21H27N3O2/c1-4-5-12-22-21(26)17-10-7-11-18(13-17)23-14-19(25)24-20-15(2)8-6-9-16(20)3/h6-11,13,23H,4-5,12,14H2,1-3H3,(H,22,26)(H,24,25). The fourth-order valence-corrected chi connectivity index (χ4v) is 2.63. The molecule has 0 bridgehead atoms. The molecule has 2 aromatic carbocycles. The Hall–Kier alpha value is -2.82. The number of carbonyl (C=O) groups is 2. The molecule has 0 saturated heterocycles. The lowest BCUT2D eigenvalue weighted by Crippen LogP contribution is -2.25. The molecule has 0 aliphatic heterocycles. The van der Waals surface area contributed by atoms with Crippen molar-refractivity contribution in [1.82, 2.24) is 5.32 Å². The molecule has 0 radical (unpaired) electrons. The number of benzene rings is 2. The van der Waals surface area contributed by atoms with Crippen LogP contribution in [0.1, 0.15) is 41.3 Å². The van der Waals surface area contributed by atoms with Crippen LogP contribution in [0.4, 0.5) is 11.4 Å². The minimum absolute atomic E-state index is 0.0953. The number of para-hydroxylation sites is 1. The first kappa shape index (κ1) is 19.5. The van der Waals surface area contributed by atoms with Crippen LogP contribution >= 0.6 is 0 Å². The van der Waals surface area contributed by atoms with Crippen LogP contribution in [0.3, 0.4) is 0 Å². The quantitative estimate of drug-likeness (QED) is 0.631. The van der Waals surface area contributed by atoms with Gasteiger partial charge in [-0.25, -0.2) is 0 Å². The summed E-state index contributed by atoms with van der Waals surface area (Å²) in [6.07, 6.45) is 2.00. The summed E-state index contributed by atoms with van der Waals surface area (Å²) in [5.41, 5.74) is 4.24. The summed E-state index contributed by atoms with van der Waals surface area (Å²) in [5, 5.41) is 8.90. The second kappa shape index (κ2) is 9.61. The first-order valence-corrected chi connectivity index (χ1v) is 8.99. The predicted molar refractivity (Wildman–Crippen MR) is 107 cm³/mol. The molecular weight excluding hydrogens is 326 g/mol. The van der Waals surface area contributed by atoms with Crippen LogP contribution in [0.5, 0.6) is 0 Å². The van der Waals surface area contributed by atoms with Gasteiger partial charge in [0.15, 0.2) is 0 Å². The van der Waals surface area contributed by atoms with Crippen LogP contribution in [0.2, 0.25) is 0 Å². The highest BCUT2D eigenvalue weighted by atomic mass is 16.2. The van der Waals surface area contributed by atoms with Crippen LogP contribution in [0.15, 0.2) is 42.5 Å². The molecule has 0 saturated carbocycles. The van der Waals surface area contributed by atoms with Gasteiger partial charge in [0.25, 0.3) is 5.91 Å². The molecule has 3 N–H and O–H groups in total. The van der Waals surface area contributed by atoms with Crippen molar-refractivity contribution in [3.8, 4) is 0 Å². The number of rotatable bonds is 8. The summed E-state index contributed by atoms with van der Waals surface area (Å²) < 4.78 is 0. The fraction of sp³-hybridized carbons (Fsp3) is 0.333. The Bertz CT molecular complexity index is 751. The molecule has 0 aromatic heterocycles. The Balaban J connectivity index is 1.92. The van der Waals surface area contributed by atoms with Crippen molar-refractivity contribution in [2.24, 2.45) is 0 Å². The minimum atomic E-state index is -0.125. The van der Waals surface area contributed by atoms with Crippen LogP contribution < -0.4 is 16.0 Å². The van der Waals surface area contributed by atoms with Gasteiger partial charge < -0.3 is 16.0 Å². The summed E-state index contributed by atoms with van der Waals surface area (Å²) in [7, 11) is 0. The van der Waals surface area contributed by atoms with Gasteiger partial charge in [-0.15, -0.1) is 0 Å². The third-order valence-electron chi connectivity index (χ3n) is 4.14. The smallest absolute Gasteiger partial charge is 0.251 e. The SMILES string of the molecule is CCCCNC(=O)c1cccc(NCC(=O)Nc2c(C)cccc2C)c1. The molecule has 26 heavy (non-hydrogen) atoms. The fourth-order valence-electron chi connectivity index (χ4n) is 2.63. The number of nitrogens with one attached hydrogen (secondary N) is 3. The monoisotopic (exact) mass is 353 g/mol. The highest BCUT2D eigenvalue weighted by Crippen LogP contribution is 2.19. The normalized spacial score (nSPS) is 10.3. The van der Waals surface area contributed by atoms with Gasteiger partial charge >= 0.3 is 0 Å². The molecule has 0 spiro atoms. The van der Waals surface area contributed by atoms with Gasteiger partial charge in [0.1, 0.15) is 0 Å². The van der Waals surface area contributed by atoms with Crippen molar-refractivity contribution in [1.29, 1.82) is 0 Å². The van der Waals surface area contributed by atoms with Gasteiger partial charge in [-0.1, -0.05) is 37.6 Å². The molecule has 0 fully saturated rings. The molecular formula is C21H27N3O2. The number of anilines is 2. The van der Waals surface area contributed by atoms with Gasteiger partial charge in [0.2, 0.25) is 5.91 Å². The first-order valence-electron chi connectivity index (χ1n) is 8.99. The van der Waals surface area contributed by atoms with E-state index in [1.54, 1.807) is 18.2 Å². The van der Waals surface area contributed by atoms with Crippen molar-refractivity contribution in [2.75, 3.05) is 23.7 Å². The molecule has 5 nitrogen and oxygen atoms in total. The van der Waals surface area contributed by atoms with Gasteiger partial charge in [0, 0.05) is 23.5 Å². The Morgan fingerprint density at radius 3 is 2.38 bits per heavy atom. The van der Waals surface area contributed by atoms with Crippen LogP contribution in [0, 0.1) is 13.8 Å². The maximum Gasteiger partial charge on any atom is 0.251 e. The van der Waals surface area contributed by atoms with E-state index in [2.05, 4.69) is 22.9 Å². The molecule has 5 heteroatoms. The molecule has 2 aromatic rings. The maximum absolute atomic E-state index is 12.2. The van der Waals surface area contributed by atoms with Crippen molar-refractivity contribution in [3.05, 3.63) is 59.2 Å². The highest BCUT2D eigenvalue weighted by Gasteiger charge is 2.09. The van der Waals surface area contributed by atoms with Gasteiger partial charge in [0.05, 0.1) is 6.54 Å². The van der Waals surface area contributed by atoms with Gasteiger partial charge in [-0.2, -0.15) is 0 Å². The second-order valence-electron chi connectivity index (χ2n) is 6.36. The summed E-state index contributed by atoms with van der Waals surface area (Å²) >= 11 is 0. The topological polar surface area (TPSA) is 70.2 Å². The summed E-state index contributed by atoms with van der Waals surface area (Å²) in [5.74, 6) is -0.220. The van der Waals surface area contributed by atoms with E-state index in [1.165, 1.54) is 0 Å². The van der Waals surface area contributed by atoms with Crippen LogP contribution in [-0.2, 0) is 4.79 Å². The largest absolute Gasteiger partial charge is 0.376 e. The zero-order valence-corrected chi connectivity index (χ0v) is 15.7. The molecule has 2 rings (SSSR count). The number of hydrogen-bond acceptors (Lipinski definition) is 3. The summed E-state index contributed by atoms with van der Waals surface area (Å²) in [6.45, 7) is 6.83. The van der Waals surface area contributed by atoms with E-state index in [1.807, 2.05) is 38.1 Å². The predicted octanol–water partition coefficient (Wildman–Crippen LogP) is 3.88. The number of hydrogen-bond donors (Lipinski definition) is 3. The Morgan fingerprint density at radius 1 is 1.00 bits per heavy atom. The minimum Gasteiger partial charge on any atom is -0.376 e. The van der Waals surface area contributed by atoms with Crippen LogP contribution in [-0.4, -0.2) is 24.9 Å². The highest BCUT2D eigenvalue weighted by molar-refractivity contribution is 5.96. The number of aryl methyl sites for hydroxylation is 2. The number of unbranched alkanes of at least 4 members (excludes halogenated alkanes) is 1. The third kappa shape index (κ3) is 5.62. The van der Waals surface area contributed by atoms with Gasteiger partial charge in [-0.05, 0) is 49.6 Å². The Labute approximate surface area is 155 Å². The zero-order valence-electron chi connectivity index (χ0n) is 15.7. The van der Waals surface area contributed by atoms with E-state index in [9.17, 15) is 9.59 Å². The molecule has 2 amide bonds. The molecule has 0 heterocycles. The average Bonchev–Trinajstić information content (AvgIpc) is 2.63. The number of carbonyl (C=O) groups excluding carboxylic acids is 2. The second-order valence-corrected chi connectivity index (χ2v) is 6.36. The molecule has 0 aliphatic carbocycles. The van der Waals surface area contributed by atoms with E-state index in [4.69, 9.17) is 0 Å². The van der Waals surface area contributed by atoms with Crippen molar-refractivity contribution in [2.45, 2.75) is 33.6 Å².